The average Bonchev–Trinajstić information content (AvgIpc) is 2.76. The number of nitrogens with one attached hydrogen (secondary N) is 2. The second kappa shape index (κ2) is 10.1. The lowest BCUT2D eigenvalue weighted by atomic mass is 9.96. The smallest absolute Gasteiger partial charge is 0.231 e. The molecule has 1 aliphatic rings. The second-order valence-electron chi connectivity index (χ2n) is 8.20. The molecule has 3 aromatic rings. The van der Waals surface area contributed by atoms with Crippen molar-refractivity contribution in [1.29, 1.82) is 0 Å². The summed E-state index contributed by atoms with van der Waals surface area (Å²) in [6.45, 7) is 5.91. The molecular weight excluding hydrogens is 464 g/mol. The maximum absolute atomic E-state index is 10.9. The number of hydrogen-bond acceptors (Lipinski definition) is 8. The number of anilines is 3. The predicted molar refractivity (Wildman–Crippen MR) is 131 cm³/mol. The van der Waals surface area contributed by atoms with Crippen molar-refractivity contribution in [1.82, 2.24) is 24.7 Å². The second-order valence-corrected chi connectivity index (χ2v) is 9.42. The van der Waals surface area contributed by atoms with Crippen LogP contribution in [0.2, 0.25) is 5.02 Å². The Morgan fingerprint density at radius 2 is 2.00 bits per heavy atom. The minimum atomic E-state index is -1.98. The van der Waals surface area contributed by atoms with E-state index in [1.807, 2.05) is 25.1 Å². The number of aryl methyl sites for hydroxylation is 1. The Bertz CT molecular complexity index is 1150. The number of pyridine rings is 1. The Labute approximate surface area is 199 Å². The van der Waals surface area contributed by atoms with Crippen LogP contribution in [-0.4, -0.2) is 48.3 Å². The molecule has 0 amide bonds. The lowest BCUT2D eigenvalue weighted by Gasteiger charge is -2.35. The Morgan fingerprint density at radius 3 is 2.70 bits per heavy atom. The van der Waals surface area contributed by atoms with E-state index in [0.29, 0.717) is 29.3 Å². The lowest BCUT2D eigenvalue weighted by molar-refractivity contribution is 0.398. The van der Waals surface area contributed by atoms with Gasteiger partial charge in [-0.25, -0.2) is 13.9 Å². The zero-order chi connectivity index (χ0) is 23.5. The number of benzene rings is 1. The van der Waals surface area contributed by atoms with Gasteiger partial charge in [0.15, 0.2) is 0 Å². The van der Waals surface area contributed by atoms with Crippen LogP contribution in [0.15, 0.2) is 24.3 Å². The van der Waals surface area contributed by atoms with Crippen LogP contribution in [0.1, 0.15) is 37.2 Å². The SMILES string of the molecule is Cc1nc(N)nc(NC(C)c2cc3cc(Cl)ccc3nc2N2CCC(CNS(=O)O)CC2)n1. The molecular formula is C21H27ClN8O2S. The first-order chi connectivity index (χ1) is 15.8. The summed E-state index contributed by atoms with van der Waals surface area (Å²) in [5.74, 6) is 2.35. The number of hydrogen-bond donors (Lipinski definition) is 4. The van der Waals surface area contributed by atoms with E-state index >= 15 is 0 Å². The Balaban J connectivity index is 1.63. The van der Waals surface area contributed by atoms with Gasteiger partial charge in [0.2, 0.25) is 23.2 Å². The van der Waals surface area contributed by atoms with Gasteiger partial charge in [-0.05, 0) is 56.9 Å². The first-order valence-electron chi connectivity index (χ1n) is 10.7. The zero-order valence-electron chi connectivity index (χ0n) is 18.5. The fourth-order valence-electron chi connectivity index (χ4n) is 4.10. The van der Waals surface area contributed by atoms with Crippen LogP contribution < -0.4 is 20.7 Å². The Morgan fingerprint density at radius 1 is 1.24 bits per heavy atom. The molecule has 1 saturated heterocycles. The lowest BCUT2D eigenvalue weighted by Crippen LogP contribution is -2.38. The van der Waals surface area contributed by atoms with Gasteiger partial charge in [0.1, 0.15) is 11.6 Å². The van der Waals surface area contributed by atoms with Crippen LogP contribution in [0.4, 0.5) is 17.7 Å². The summed E-state index contributed by atoms with van der Waals surface area (Å²) in [5, 5.41) is 4.93. The van der Waals surface area contributed by atoms with Crippen molar-refractivity contribution in [3.8, 4) is 0 Å². The maximum atomic E-state index is 10.9. The highest BCUT2D eigenvalue weighted by molar-refractivity contribution is 7.77. The Kier molecular flexibility index (Phi) is 7.23. The van der Waals surface area contributed by atoms with Crippen LogP contribution in [0, 0.1) is 12.8 Å². The molecule has 176 valence electrons. The molecule has 33 heavy (non-hydrogen) atoms. The largest absolute Gasteiger partial charge is 0.368 e. The summed E-state index contributed by atoms with van der Waals surface area (Å²) in [7, 11) is 0. The van der Waals surface area contributed by atoms with Crippen LogP contribution in [0.25, 0.3) is 10.9 Å². The zero-order valence-corrected chi connectivity index (χ0v) is 20.0. The van der Waals surface area contributed by atoms with E-state index < -0.39 is 11.3 Å². The molecule has 1 aliphatic heterocycles. The minimum Gasteiger partial charge on any atom is -0.368 e. The fraction of sp³-hybridized carbons (Fsp3) is 0.429. The number of rotatable bonds is 7. The molecule has 0 aliphatic carbocycles. The van der Waals surface area contributed by atoms with Gasteiger partial charge in [0, 0.05) is 35.6 Å². The Hall–Kier alpha value is -2.60. The number of piperidine rings is 1. The minimum absolute atomic E-state index is 0.159. The normalized spacial score (nSPS) is 16.7. The predicted octanol–water partition coefficient (Wildman–Crippen LogP) is 3.08. The summed E-state index contributed by atoms with van der Waals surface area (Å²) in [5.41, 5.74) is 7.65. The highest BCUT2D eigenvalue weighted by atomic mass is 35.5. The van der Waals surface area contributed by atoms with Crippen LogP contribution in [0.3, 0.4) is 0 Å². The third-order valence-corrected chi connectivity index (χ3v) is 6.42. The standard InChI is InChI=1S/C21H27ClN8O2S/c1-12(25-21-27-13(2)26-20(23)29-21)17-10-15-9-16(22)3-4-18(15)28-19(17)30-7-5-14(6-8-30)11-24-33(31)32/h3-4,9-10,12,14,24H,5-8,11H2,1-2H3,(H,31,32)(H3,23,25,26,27,29). The van der Waals surface area contributed by atoms with E-state index in [9.17, 15) is 4.21 Å². The molecule has 2 atom stereocenters. The summed E-state index contributed by atoms with van der Waals surface area (Å²) >= 11 is 4.25. The van der Waals surface area contributed by atoms with Crippen molar-refractivity contribution >= 4 is 51.5 Å². The van der Waals surface area contributed by atoms with Gasteiger partial charge in [0.05, 0.1) is 11.6 Å². The van der Waals surface area contributed by atoms with Crippen molar-refractivity contribution in [2.45, 2.75) is 32.7 Å². The molecule has 2 aromatic heterocycles. The molecule has 1 aromatic carbocycles. The van der Waals surface area contributed by atoms with E-state index in [2.05, 4.69) is 36.0 Å². The molecule has 0 radical (unpaired) electrons. The number of nitrogen functional groups attached to an aromatic ring is 1. The van der Waals surface area contributed by atoms with Crippen molar-refractivity contribution in [3.63, 3.8) is 0 Å². The molecule has 10 nitrogen and oxygen atoms in total. The van der Waals surface area contributed by atoms with Gasteiger partial charge < -0.3 is 16.0 Å². The summed E-state index contributed by atoms with van der Waals surface area (Å²) in [6.07, 6.45) is 1.80. The number of halogens is 1. The molecule has 4 rings (SSSR count). The first kappa shape index (κ1) is 23.6. The molecule has 12 heteroatoms. The molecule has 0 spiro atoms. The molecule has 0 bridgehead atoms. The summed E-state index contributed by atoms with van der Waals surface area (Å²) in [6, 6.07) is 7.61. The van der Waals surface area contributed by atoms with Gasteiger partial charge in [-0.1, -0.05) is 11.6 Å². The van der Waals surface area contributed by atoms with E-state index in [-0.39, 0.29) is 12.0 Å². The van der Waals surface area contributed by atoms with Crippen molar-refractivity contribution in [2.24, 2.45) is 5.92 Å². The van der Waals surface area contributed by atoms with Crippen molar-refractivity contribution in [2.75, 3.05) is 35.6 Å². The number of fused-ring (bicyclic) bond motifs is 1. The summed E-state index contributed by atoms with van der Waals surface area (Å²) in [4.78, 5) is 19.8. The molecule has 3 heterocycles. The topological polar surface area (TPSA) is 142 Å². The monoisotopic (exact) mass is 490 g/mol. The van der Waals surface area contributed by atoms with Gasteiger partial charge in [0.25, 0.3) is 0 Å². The van der Waals surface area contributed by atoms with Crippen LogP contribution in [-0.2, 0) is 11.3 Å². The highest BCUT2D eigenvalue weighted by Gasteiger charge is 2.25. The fourth-order valence-corrected chi connectivity index (χ4v) is 4.66. The van der Waals surface area contributed by atoms with E-state index in [1.165, 1.54) is 0 Å². The maximum Gasteiger partial charge on any atom is 0.231 e. The van der Waals surface area contributed by atoms with E-state index in [4.69, 9.17) is 26.9 Å². The molecule has 2 unspecified atom stereocenters. The molecule has 0 saturated carbocycles. The summed E-state index contributed by atoms with van der Waals surface area (Å²) < 4.78 is 22.5. The molecule has 5 N–H and O–H groups in total. The van der Waals surface area contributed by atoms with Crippen LogP contribution in [0.5, 0.6) is 0 Å². The van der Waals surface area contributed by atoms with Gasteiger partial charge in [-0.2, -0.15) is 15.0 Å². The van der Waals surface area contributed by atoms with Crippen molar-refractivity contribution < 1.29 is 8.76 Å². The number of nitrogens with two attached hydrogens (primary N) is 1. The van der Waals surface area contributed by atoms with Crippen LogP contribution >= 0.6 is 11.6 Å². The highest BCUT2D eigenvalue weighted by Crippen LogP contribution is 2.33. The van der Waals surface area contributed by atoms with Gasteiger partial charge in [-0.3, -0.25) is 4.55 Å². The van der Waals surface area contributed by atoms with E-state index in [1.54, 1.807) is 6.92 Å². The third-order valence-electron chi connectivity index (χ3n) is 5.77. The number of nitrogens with zero attached hydrogens (tertiary/aromatic N) is 5. The van der Waals surface area contributed by atoms with E-state index in [0.717, 1.165) is 48.2 Å². The average molecular weight is 491 g/mol. The van der Waals surface area contributed by atoms with Gasteiger partial charge >= 0.3 is 0 Å². The van der Waals surface area contributed by atoms with Gasteiger partial charge in [-0.15, -0.1) is 0 Å². The third kappa shape index (κ3) is 5.85. The molecule has 1 fully saturated rings. The quantitative estimate of drug-likeness (QED) is 0.367. The first-order valence-corrected chi connectivity index (χ1v) is 12.2. The van der Waals surface area contributed by atoms with Crippen molar-refractivity contribution in [3.05, 3.63) is 40.7 Å². The number of aromatic nitrogens is 4.